The van der Waals surface area contributed by atoms with Crippen molar-refractivity contribution in [3.8, 4) is 5.75 Å². The Labute approximate surface area is 173 Å². The molecule has 1 heteroatoms. The van der Waals surface area contributed by atoms with Gasteiger partial charge in [0.1, 0.15) is 5.75 Å². The molecule has 0 aromatic heterocycles. The van der Waals surface area contributed by atoms with Crippen LogP contribution in [0, 0.1) is 0 Å². The van der Waals surface area contributed by atoms with Gasteiger partial charge in [0.15, 0.2) is 5.60 Å². The third-order valence-corrected chi connectivity index (χ3v) is 5.09. The van der Waals surface area contributed by atoms with E-state index in [0.29, 0.717) is 0 Å². The molecule has 0 fully saturated rings. The van der Waals surface area contributed by atoms with Crippen LogP contribution in [0.15, 0.2) is 103 Å². The maximum Gasteiger partial charge on any atom is 0.178 e. The van der Waals surface area contributed by atoms with Crippen molar-refractivity contribution in [3.05, 3.63) is 120 Å². The van der Waals surface area contributed by atoms with Gasteiger partial charge in [0, 0.05) is 16.7 Å². The first-order valence-corrected chi connectivity index (χ1v) is 10.3. The highest BCUT2D eigenvalue weighted by Crippen LogP contribution is 2.43. The zero-order chi connectivity index (χ0) is 20.1. The summed E-state index contributed by atoms with van der Waals surface area (Å²) in [7, 11) is 0. The lowest BCUT2D eigenvalue weighted by molar-refractivity contribution is 0.161. The van der Waals surface area contributed by atoms with Gasteiger partial charge in [-0.1, -0.05) is 111 Å². The van der Waals surface area contributed by atoms with E-state index in [-0.39, 0.29) is 0 Å². The molecule has 1 aliphatic rings. The van der Waals surface area contributed by atoms with Gasteiger partial charge in [-0.05, 0) is 29.0 Å². The molecule has 0 N–H and O–H groups in total. The highest BCUT2D eigenvalue weighted by molar-refractivity contribution is 5.94. The van der Waals surface area contributed by atoms with E-state index in [9.17, 15) is 0 Å². The van der Waals surface area contributed by atoms with E-state index >= 15 is 0 Å². The molecule has 0 spiro atoms. The standard InChI is InChI=1S/C25H18O.C3H8/c1-3-10-20(11-4-1)25(21-12-5-2-6-13-21)18-17-23-22-14-8-7-9-19(22)15-16-24(23)26-25;1-3-2/h1-18H;3H2,1-2H3. The largest absolute Gasteiger partial charge is 0.473 e. The molecule has 0 saturated heterocycles. The second-order valence-corrected chi connectivity index (χ2v) is 7.31. The topological polar surface area (TPSA) is 9.23 Å². The second kappa shape index (κ2) is 8.36. The number of rotatable bonds is 2. The number of ether oxygens (including phenoxy) is 1. The number of hydrogen-bond acceptors (Lipinski definition) is 1. The zero-order valence-corrected chi connectivity index (χ0v) is 17.0. The summed E-state index contributed by atoms with van der Waals surface area (Å²) in [6.07, 6.45) is 5.65. The lowest BCUT2D eigenvalue weighted by atomic mass is 9.83. The molecule has 0 unspecified atom stereocenters. The molecule has 1 aliphatic heterocycles. The van der Waals surface area contributed by atoms with Crippen molar-refractivity contribution in [1.29, 1.82) is 0 Å². The molecule has 0 radical (unpaired) electrons. The van der Waals surface area contributed by atoms with Crippen LogP contribution in [0.2, 0.25) is 0 Å². The van der Waals surface area contributed by atoms with E-state index in [2.05, 4.69) is 111 Å². The third-order valence-electron chi connectivity index (χ3n) is 5.09. The van der Waals surface area contributed by atoms with Gasteiger partial charge in [-0.2, -0.15) is 0 Å². The Morgan fingerprint density at radius 2 is 1.21 bits per heavy atom. The Hall–Kier alpha value is -3.32. The highest BCUT2D eigenvalue weighted by atomic mass is 16.5. The van der Waals surface area contributed by atoms with Crippen molar-refractivity contribution < 1.29 is 4.74 Å². The van der Waals surface area contributed by atoms with Crippen LogP contribution in [0.5, 0.6) is 5.75 Å². The van der Waals surface area contributed by atoms with Crippen LogP contribution in [0.3, 0.4) is 0 Å². The van der Waals surface area contributed by atoms with Gasteiger partial charge in [0.05, 0.1) is 0 Å². The fourth-order valence-corrected chi connectivity index (χ4v) is 3.79. The SMILES string of the molecule is C1=CC(c2ccccc2)(c2ccccc2)Oc2ccc3ccccc3c21.CCC. The van der Waals surface area contributed by atoms with E-state index in [1.165, 1.54) is 17.2 Å². The lowest BCUT2D eigenvalue weighted by Gasteiger charge is -2.36. The summed E-state index contributed by atoms with van der Waals surface area (Å²) in [5, 5.41) is 2.45. The predicted octanol–water partition coefficient (Wildman–Crippen LogP) is 7.61. The van der Waals surface area contributed by atoms with Gasteiger partial charge < -0.3 is 4.74 Å². The maximum absolute atomic E-state index is 6.71. The van der Waals surface area contributed by atoms with E-state index in [0.717, 1.165) is 22.4 Å². The first-order chi connectivity index (χ1) is 14.3. The van der Waals surface area contributed by atoms with Gasteiger partial charge in [0.2, 0.25) is 0 Å². The number of benzene rings is 4. The summed E-state index contributed by atoms with van der Waals surface area (Å²) in [5.41, 5.74) is 2.78. The van der Waals surface area contributed by atoms with Gasteiger partial charge in [-0.25, -0.2) is 0 Å². The molecular weight excluding hydrogens is 352 g/mol. The quantitative estimate of drug-likeness (QED) is 0.349. The van der Waals surface area contributed by atoms with Crippen LogP contribution in [0.25, 0.3) is 16.8 Å². The normalized spacial score (nSPS) is 13.7. The Balaban J connectivity index is 0.000000645. The highest BCUT2D eigenvalue weighted by Gasteiger charge is 2.37. The molecule has 0 amide bonds. The van der Waals surface area contributed by atoms with E-state index in [1.54, 1.807) is 0 Å². The van der Waals surface area contributed by atoms with Crippen molar-refractivity contribution in [2.24, 2.45) is 0 Å². The Bertz CT molecular complexity index is 1070. The minimum Gasteiger partial charge on any atom is -0.473 e. The first-order valence-electron chi connectivity index (χ1n) is 10.3. The monoisotopic (exact) mass is 378 g/mol. The molecule has 4 aromatic rings. The average molecular weight is 379 g/mol. The van der Waals surface area contributed by atoms with E-state index in [4.69, 9.17) is 4.74 Å². The summed E-state index contributed by atoms with van der Waals surface area (Å²) >= 11 is 0. The summed E-state index contributed by atoms with van der Waals surface area (Å²) in [6.45, 7) is 4.25. The molecular formula is C28H26O. The predicted molar refractivity (Wildman–Crippen MR) is 123 cm³/mol. The van der Waals surface area contributed by atoms with Crippen LogP contribution in [0.1, 0.15) is 37.0 Å². The summed E-state index contributed by atoms with van der Waals surface area (Å²) in [5.74, 6) is 0.916. The van der Waals surface area contributed by atoms with E-state index < -0.39 is 5.60 Å². The van der Waals surface area contributed by atoms with Crippen LogP contribution in [-0.4, -0.2) is 0 Å². The van der Waals surface area contributed by atoms with Crippen molar-refractivity contribution in [1.82, 2.24) is 0 Å². The molecule has 4 aromatic carbocycles. The molecule has 29 heavy (non-hydrogen) atoms. The van der Waals surface area contributed by atoms with Crippen molar-refractivity contribution in [3.63, 3.8) is 0 Å². The van der Waals surface area contributed by atoms with Gasteiger partial charge >= 0.3 is 0 Å². The van der Waals surface area contributed by atoms with Crippen molar-refractivity contribution in [2.45, 2.75) is 25.9 Å². The van der Waals surface area contributed by atoms with Crippen LogP contribution in [0.4, 0.5) is 0 Å². The fraction of sp³-hybridized carbons (Fsp3) is 0.143. The summed E-state index contributed by atoms with van der Waals surface area (Å²) in [4.78, 5) is 0. The molecule has 0 aliphatic carbocycles. The fourth-order valence-electron chi connectivity index (χ4n) is 3.79. The number of hydrogen-bond donors (Lipinski definition) is 0. The smallest absolute Gasteiger partial charge is 0.178 e. The lowest BCUT2D eigenvalue weighted by Crippen LogP contribution is -2.34. The molecule has 0 saturated carbocycles. The van der Waals surface area contributed by atoms with Crippen molar-refractivity contribution >= 4 is 16.8 Å². The molecule has 1 nitrogen and oxygen atoms in total. The zero-order valence-electron chi connectivity index (χ0n) is 17.0. The molecule has 5 rings (SSSR count). The van der Waals surface area contributed by atoms with Crippen molar-refractivity contribution in [2.75, 3.05) is 0 Å². The van der Waals surface area contributed by atoms with Crippen LogP contribution < -0.4 is 4.74 Å². The average Bonchev–Trinajstić information content (AvgIpc) is 2.80. The summed E-state index contributed by atoms with van der Waals surface area (Å²) in [6, 6.07) is 33.5. The minimum atomic E-state index is -0.613. The minimum absolute atomic E-state index is 0.613. The number of fused-ring (bicyclic) bond motifs is 3. The Morgan fingerprint density at radius 1 is 0.655 bits per heavy atom. The Morgan fingerprint density at radius 3 is 1.83 bits per heavy atom. The second-order valence-electron chi connectivity index (χ2n) is 7.31. The molecule has 1 heterocycles. The Kier molecular flexibility index (Phi) is 5.48. The van der Waals surface area contributed by atoms with Gasteiger partial charge in [0.25, 0.3) is 0 Å². The maximum atomic E-state index is 6.71. The van der Waals surface area contributed by atoms with Crippen LogP contribution in [-0.2, 0) is 5.60 Å². The van der Waals surface area contributed by atoms with Crippen LogP contribution >= 0.6 is 0 Å². The summed E-state index contributed by atoms with van der Waals surface area (Å²) < 4.78 is 6.71. The van der Waals surface area contributed by atoms with E-state index in [1.807, 2.05) is 12.1 Å². The van der Waals surface area contributed by atoms with Gasteiger partial charge in [-0.3, -0.25) is 0 Å². The van der Waals surface area contributed by atoms with Gasteiger partial charge in [-0.15, -0.1) is 0 Å². The molecule has 144 valence electrons. The first kappa shape index (κ1) is 19.0. The third kappa shape index (κ3) is 3.56. The molecule has 0 atom stereocenters. The molecule has 0 bridgehead atoms.